The number of carbonyl (C=O) groups is 1. The quantitative estimate of drug-likeness (QED) is 0.753. The smallest absolute Gasteiger partial charge is 0.326 e. The molecule has 0 bridgehead atoms. The lowest BCUT2D eigenvalue weighted by molar-refractivity contribution is 0.0694. The van der Waals surface area contributed by atoms with Crippen LogP contribution in [-0.2, 0) is 0 Å². The number of halogens is 1. The lowest BCUT2D eigenvalue weighted by Crippen LogP contribution is -2.40. The topological polar surface area (TPSA) is 71.0 Å². The number of H-pyrrole nitrogens is 1. The van der Waals surface area contributed by atoms with E-state index in [1.54, 1.807) is 22.9 Å². The van der Waals surface area contributed by atoms with Crippen molar-refractivity contribution in [2.75, 3.05) is 13.1 Å². The standard InChI is InChI=1S/C19H19ClN4O2/c1-12-2-3-13(11-21-12)18(25)23-8-6-15(7-9-23)24-17-5-4-14(20)10-16(17)22-19(24)26/h2-5,10-11,15H,6-9H2,1H3,(H,22,26). The van der Waals surface area contributed by atoms with E-state index in [0.29, 0.717) is 23.7 Å². The highest BCUT2D eigenvalue weighted by Gasteiger charge is 2.26. The van der Waals surface area contributed by atoms with Crippen LogP contribution in [0.15, 0.2) is 41.3 Å². The number of hydrogen-bond acceptors (Lipinski definition) is 3. The maximum absolute atomic E-state index is 12.6. The minimum Gasteiger partial charge on any atom is -0.338 e. The molecular weight excluding hydrogens is 352 g/mol. The average Bonchev–Trinajstić information content (AvgIpc) is 2.96. The maximum atomic E-state index is 12.6. The number of amides is 1. The van der Waals surface area contributed by atoms with Crippen LogP contribution in [0.25, 0.3) is 11.0 Å². The van der Waals surface area contributed by atoms with Crippen molar-refractivity contribution in [3.63, 3.8) is 0 Å². The summed E-state index contributed by atoms with van der Waals surface area (Å²) >= 11 is 6.01. The zero-order valence-electron chi connectivity index (χ0n) is 14.4. The Balaban J connectivity index is 1.52. The first kappa shape index (κ1) is 16.8. The van der Waals surface area contributed by atoms with Crippen molar-refractivity contribution in [3.8, 4) is 0 Å². The molecule has 2 aromatic heterocycles. The van der Waals surface area contributed by atoms with Gasteiger partial charge in [-0.1, -0.05) is 11.6 Å². The van der Waals surface area contributed by atoms with Crippen LogP contribution >= 0.6 is 11.6 Å². The molecule has 26 heavy (non-hydrogen) atoms. The van der Waals surface area contributed by atoms with E-state index >= 15 is 0 Å². The van der Waals surface area contributed by atoms with Gasteiger partial charge in [-0.2, -0.15) is 0 Å². The minimum absolute atomic E-state index is 0.00555. The fourth-order valence-corrected chi connectivity index (χ4v) is 3.74. The molecule has 1 aliphatic rings. The number of nitrogens with zero attached hydrogens (tertiary/aromatic N) is 3. The number of aromatic nitrogens is 3. The summed E-state index contributed by atoms with van der Waals surface area (Å²) in [6, 6.07) is 9.14. The summed E-state index contributed by atoms with van der Waals surface area (Å²) in [6.07, 6.45) is 3.10. The first-order valence-corrected chi connectivity index (χ1v) is 9.02. The lowest BCUT2D eigenvalue weighted by Gasteiger charge is -2.32. The number of hydrogen-bond donors (Lipinski definition) is 1. The first-order chi connectivity index (χ1) is 12.5. The fourth-order valence-electron chi connectivity index (χ4n) is 3.57. The summed E-state index contributed by atoms with van der Waals surface area (Å²) in [7, 11) is 0. The Kier molecular flexibility index (Phi) is 4.28. The van der Waals surface area contributed by atoms with Gasteiger partial charge in [0.1, 0.15) is 0 Å². The second-order valence-electron chi connectivity index (χ2n) is 6.67. The highest BCUT2D eigenvalue weighted by molar-refractivity contribution is 6.31. The molecule has 1 N–H and O–H groups in total. The van der Waals surface area contributed by atoms with Crippen LogP contribution in [-0.4, -0.2) is 38.4 Å². The molecule has 1 saturated heterocycles. The third kappa shape index (κ3) is 3.01. The molecule has 6 nitrogen and oxygen atoms in total. The first-order valence-electron chi connectivity index (χ1n) is 8.64. The van der Waals surface area contributed by atoms with Gasteiger partial charge in [-0.15, -0.1) is 0 Å². The van der Waals surface area contributed by atoms with Gasteiger partial charge in [-0.25, -0.2) is 4.79 Å². The van der Waals surface area contributed by atoms with Crippen molar-refractivity contribution in [1.82, 2.24) is 19.4 Å². The molecule has 7 heteroatoms. The Morgan fingerprint density at radius 2 is 2.00 bits per heavy atom. The molecule has 3 aromatic rings. The van der Waals surface area contributed by atoms with E-state index in [1.165, 1.54) is 0 Å². The van der Waals surface area contributed by atoms with Crippen LogP contribution in [0.4, 0.5) is 0 Å². The normalized spacial score (nSPS) is 15.5. The molecule has 0 atom stereocenters. The molecule has 3 heterocycles. The number of imidazole rings is 1. The maximum Gasteiger partial charge on any atom is 0.326 e. The largest absolute Gasteiger partial charge is 0.338 e. The second-order valence-corrected chi connectivity index (χ2v) is 7.11. The lowest BCUT2D eigenvalue weighted by atomic mass is 10.0. The fraction of sp³-hybridized carbons (Fsp3) is 0.316. The molecule has 1 aliphatic heterocycles. The summed E-state index contributed by atoms with van der Waals surface area (Å²) in [5.74, 6) is -0.00555. The Morgan fingerprint density at radius 3 is 2.69 bits per heavy atom. The van der Waals surface area contributed by atoms with Crippen molar-refractivity contribution in [2.45, 2.75) is 25.8 Å². The van der Waals surface area contributed by atoms with Crippen molar-refractivity contribution >= 4 is 28.5 Å². The van der Waals surface area contributed by atoms with Crippen LogP contribution in [0.5, 0.6) is 0 Å². The van der Waals surface area contributed by atoms with Crippen LogP contribution < -0.4 is 5.69 Å². The van der Waals surface area contributed by atoms with E-state index in [0.717, 1.165) is 29.6 Å². The number of pyridine rings is 1. The SMILES string of the molecule is Cc1ccc(C(=O)N2CCC(n3c(=O)[nH]c4cc(Cl)ccc43)CC2)cn1. The number of carbonyl (C=O) groups excluding carboxylic acids is 1. The third-order valence-corrected chi connectivity index (χ3v) is 5.19. The summed E-state index contributed by atoms with van der Waals surface area (Å²) in [5, 5.41) is 0.595. The molecule has 134 valence electrons. The van der Waals surface area contributed by atoms with Crippen LogP contribution in [0.2, 0.25) is 5.02 Å². The van der Waals surface area contributed by atoms with Crippen LogP contribution in [0, 0.1) is 6.92 Å². The van der Waals surface area contributed by atoms with Gasteiger partial charge in [0.05, 0.1) is 16.6 Å². The predicted molar refractivity (Wildman–Crippen MR) is 101 cm³/mol. The summed E-state index contributed by atoms with van der Waals surface area (Å²) < 4.78 is 1.79. The molecule has 0 aliphatic carbocycles. The predicted octanol–water partition coefficient (Wildman–Crippen LogP) is 3.16. The number of likely N-dealkylation sites (tertiary alicyclic amines) is 1. The summed E-state index contributed by atoms with van der Waals surface area (Å²) in [5.41, 5.74) is 2.96. The molecule has 0 saturated carbocycles. The minimum atomic E-state index is -0.130. The van der Waals surface area contributed by atoms with Gasteiger partial charge in [-0.05, 0) is 50.1 Å². The summed E-state index contributed by atoms with van der Waals surface area (Å²) in [4.78, 5) is 33.9. The zero-order chi connectivity index (χ0) is 18.3. The van der Waals surface area contributed by atoms with E-state index in [4.69, 9.17) is 11.6 Å². The Hall–Kier alpha value is -2.60. The highest BCUT2D eigenvalue weighted by atomic mass is 35.5. The molecule has 1 fully saturated rings. The number of aryl methyl sites for hydroxylation is 1. The van der Waals surface area contributed by atoms with Crippen molar-refractivity contribution < 1.29 is 4.79 Å². The number of rotatable bonds is 2. The van der Waals surface area contributed by atoms with Crippen molar-refractivity contribution in [1.29, 1.82) is 0 Å². The van der Waals surface area contributed by atoms with Gasteiger partial charge in [0, 0.05) is 36.0 Å². The van der Waals surface area contributed by atoms with Gasteiger partial charge in [0.25, 0.3) is 5.91 Å². The number of benzene rings is 1. The van der Waals surface area contributed by atoms with Gasteiger partial charge >= 0.3 is 5.69 Å². The van der Waals surface area contributed by atoms with E-state index in [1.807, 2.05) is 30.0 Å². The highest BCUT2D eigenvalue weighted by Crippen LogP contribution is 2.26. The van der Waals surface area contributed by atoms with Gasteiger partial charge in [0.15, 0.2) is 0 Å². The monoisotopic (exact) mass is 370 g/mol. The molecule has 1 amide bonds. The Bertz CT molecular complexity index is 1010. The van der Waals surface area contributed by atoms with Gasteiger partial charge < -0.3 is 9.88 Å². The number of nitrogens with one attached hydrogen (secondary N) is 1. The van der Waals surface area contributed by atoms with Crippen molar-refractivity contribution in [3.05, 3.63) is 63.3 Å². The van der Waals surface area contributed by atoms with E-state index in [2.05, 4.69) is 9.97 Å². The zero-order valence-corrected chi connectivity index (χ0v) is 15.2. The second kappa shape index (κ2) is 6.61. The van der Waals surface area contributed by atoms with Crippen LogP contribution in [0.1, 0.15) is 34.9 Å². The molecule has 0 spiro atoms. The van der Waals surface area contributed by atoms with Gasteiger partial charge in [-0.3, -0.25) is 14.3 Å². The molecule has 4 rings (SSSR count). The van der Waals surface area contributed by atoms with Crippen molar-refractivity contribution in [2.24, 2.45) is 0 Å². The Morgan fingerprint density at radius 1 is 1.23 bits per heavy atom. The number of aromatic amines is 1. The molecule has 0 unspecified atom stereocenters. The van der Waals surface area contributed by atoms with E-state index in [9.17, 15) is 9.59 Å². The van der Waals surface area contributed by atoms with Crippen LogP contribution in [0.3, 0.4) is 0 Å². The molecular formula is C19H19ClN4O2. The number of fused-ring (bicyclic) bond motifs is 1. The van der Waals surface area contributed by atoms with E-state index in [-0.39, 0.29) is 17.6 Å². The third-order valence-electron chi connectivity index (χ3n) is 4.95. The Labute approximate surface area is 155 Å². The number of piperidine rings is 1. The average molecular weight is 371 g/mol. The molecule has 0 radical (unpaired) electrons. The summed E-state index contributed by atoms with van der Waals surface area (Å²) in [6.45, 7) is 3.13. The molecule has 1 aromatic carbocycles. The van der Waals surface area contributed by atoms with E-state index < -0.39 is 0 Å². The van der Waals surface area contributed by atoms with Gasteiger partial charge in [0.2, 0.25) is 0 Å².